The molecule has 37 heavy (non-hydrogen) atoms. The van der Waals surface area contributed by atoms with Gasteiger partial charge < -0.3 is 10.2 Å². The molecule has 2 saturated heterocycles. The van der Waals surface area contributed by atoms with Crippen LogP contribution in [-0.2, 0) is 0 Å². The number of aromatic nitrogens is 4. The van der Waals surface area contributed by atoms with Crippen molar-refractivity contribution in [3.8, 4) is 11.1 Å². The van der Waals surface area contributed by atoms with Crippen LogP contribution < -0.4 is 10.2 Å². The van der Waals surface area contributed by atoms with Crippen LogP contribution in [0.25, 0.3) is 22.2 Å². The standard InChI is InChI=1S/C28H29F3N6/c1-28(2)13-20(7-10-33-28)37-15-17(14-34-37)21-8-9-32-24-5-6-26(35-27(21)24)36-16-19(30)12-25(36)22-11-18(29)3-4-23(22)31/h3-6,8-9,11,14-15,19-20,25,33H,7,10,12-13,16H2,1-2H3/t19-,20?,25+/m0/s1. The first kappa shape index (κ1) is 23.9. The summed E-state index contributed by atoms with van der Waals surface area (Å²) in [5.74, 6) is -0.601. The zero-order chi connectivity index (χ0) is 25.7. The first-order valence-electron chi connectivity index (χ1n) is 12.7. The highest BCUT2D eigenvalue weighted by Crippen LogP contribution is 2.39. The number of halogens is 3. The van der Waals surface area contributed by atoms with E-state index < -0.39 is 23.8 Å². The molecule has 6 nitrogen and oxygen atoms in total. The SMILES string of the molecule is CC1(C)CC(n2cc(-c3ccnc4ccc(N5C[C@@H](F)C[C@@H]5c5cc(F)ccc5F)nc34)cn2)CCN1. The molecule has 3 atom stereocenters. The molecule has 1 aromatic carbocycles. The van der Waals surface area contributed by atoms with E-state index in [1.807, 2.05) is 29.2 Å². The summed E-state index contributed by atoms with van der Waals surface area (Å²) in [5, 5.41) is 8.22. The van der Waals surface area contributed by atoms with Gasteiger partial charge >= 0.3 is 0 Å². The summed E-state index contributed by atoms with van der Waals surface area (Å²) in [5.41, 5.74) is 3.34. The minimum atomic E-state index is -1.18. The molecule has 5 heterocycles. The molecule has 0 spiro atoms. The predicted octanol–water partition coefficient (Wildman–Crippen LogP) is 5.76. The second kappa shape index (κ2) is 9.13. The summed E-state index contributed by atoms with van der Waals surface area (Å²) in [6.45, 7) is 5.40. The normalized spacial score (nSPS) is 23.6. The Morgan fingerprint density at radius 3 is 2.81 bits per heavy atom. The number of rotatable bonds is 4. The zero-order valence-electron chi connectivity index (χ0n) is 20.8. The van der Waals surface area contributed by atoms with Gasteiger partial charge in [0, 0.05) is 41.0 Å². The summed E-state index contributed by atoms with van der Waals surface area (Å²) in [7, 11) is 0. The van der Waals surface area contributed by atoms with Crippen LogP contribution in [0.3, 0.4) is 0 Å². The van der Waals surface area contributed by atoms with Gasteiger partial charge in [0.25, 0.3) is 0 Å². The number of hydrogen-bond donors (Lipinski definition) is 1. The van der Waals surface area contributed by atoms with E-state index in [-0.39, 0.29) is 24.1 Å². The largest absolute Gasteiger partial charge is 0.346 e. The van der Waals surface area contributed by atoms with E-state index in [2.05, 4.69) is 29.2 Å². The summed E-state index contributed by atoms with van der Waals surface area (Å²) in [4.78, 5) is 11.1. The zero-order valence-corrected chi connectivity index (χ0v) is 20.8. The van der Waals surface area contributed by atoms with Gasteiger partial charge in [-0.15, -0.1) is 0 Å². The number of anilines is 1. The maximum Gasteiger partial charge on any atom is 0.130 e. The van der Waals surface area contributed by atoms with Crippen molar-refractivity contribution >= 4 is 16.9 Å². The third-order valence-electron chi connectivity index (χ3n) is 7.54. The smallest absolute Gasteiger partial charge is 0.130 e. The van der Waals surface area contributed by atoms with E-state index in [1.54, 1.807) is 17.2 Å². The summed E-state index contributed by atoms with van der Waals surface area (Å²) in [6, 6.07) is 8.46. The molecule has 9 heteroatoms. The highest BCUT2D eigenvalue weighted by atomic mass is 19.1. The Labute approximate surface area is 213 Å². The minimum absolute atomic E-state index is 0.0521. The average Bonchev–Trinajstić information content (AvgIpc) is 3.51. The van der Waals surface area contributed by atoms with Crippen LogP contribution in [0, 0.1) is 11.6 Å². The Morgan fingerprint density at radius 1 is 1.11 bits per heavy atom. The maximum absolute atomic E-state index is 14.6. The molecule has 0 amide bonds. The molecular weight excluding hydrogens is 477 g/mol. The summed E-state index contributed by atoms with van der Waals surface area (Å²) < 4.78 is 45.2. The predicted molar refractivity (Wildman–Crippen MR) is 137 cm³/mol. The van der Waals surface area contributed by atoms with Crippen molar-refractivity contribution in [1.29, 1.82) is 0 Å². The Kier molecular flexibility index (Phi) is 5.90. The van der Waals surface area contributed by atoms with Gasteiger partial charge in [-0.05, 0) is 69.6 Å². The van der Waals surface area contributed by atoms with Crippen molar-refractivity contribution in [3.05, 3.63) is 72.2 Å². The van der Waals surface area contributed by atoms with Gasteiger partial charge in [0.05, 0.1) is 35.9 Å². The second-order valence-corrected chi connectivity index (χ2v) is 10.7. The first-order chi connectivity index (χ1) is 17.8. The van der Waals surface area contributed by atoms with Crippen LogP contribution in [0.4, 0.5) is 19.0 Å². The van der Waals surface area contributed by atoms with Crippen LogP contribution in [0.2, 0.25) is 0 Å². The van der Waals surface area contributed by atoms with Crippen LogP contribution >= 0.6 is 0 Å². The highest BCUT2D eigenvalue weighted by Gasteiger charge is 2.36. The molecule has 6 rings (SSSR count). The third-order valence-corrected chi connectivity index (χ3v) is 7.54. The Bertz CT molecular complexity index is 1450. The molecule has 1 unspecified atom stereocenters. The van der Waals surface area contributed by atoms with Gasteiger partial charge in [-0.25, -0.2) is 18.2 Å². The molecule has 4 aromatic rings. The number of piperidine rings is 1. The van der Waals surface area contributed by atoms with E-state index in [0.717, 1.165) is 48.7 Å². The molecule has 2 aliphatic rings. The van der Waals surface area contributed by atoms with Crippen molar-refractivity contribution in [2.75, 3.05) is 18.0 Å². The molecule has 0 bridgehead atoms. The Hall–Kier alpha value is -3.46. The van der Waals surface area contributed by atoms with E-state index in [0.29, 0.717) is 22.9 Å². The van der Waals surface area contributed by atoms with E-state index in [9.17, 15) is 13.2 Å². The lowest BCUT2D eigenvalue weighted by Gasteiger charge is -2.36. The fourth-order valence-electron chi connectivity index (χ4n) is 5.75. The average molecular weight is 507 g/mol. The summed E-state index contributed by atoms with van der Waals surface area (Å²) in [6.07, 6.45) is 6.50. The Balaban J connectivity index is 1.37. The van der Waals surface area contributed by atoms with Crippen molar-refractivity contribution in [3.63, 3.8) is 0 Å². The van der Waals surface area contributed by atoms with Gasteiger partial charge in [-0.3, -0.25) is 9.67 Å². The van der Waals surface area contributed by atoms with Gasteiger partial charge in [-0.1, -0.05) is 0 Å². The molecular formula is C28H29F3N6. The molecule has 2 aliphatic heterocycles. The lowest BCUT2D eigenvalue weighted by Crippen LogP contribution is -2.46. The molecule has 2 fully saturated rings. The van der Waals surface area contributed by atoms with Gasteiger partial charge in [0.2, 0.25) is 0 Å². The van der Waals surface area contributed by atoms with Crippen LogP contribution in [0.15, 0.2) is 55.0 Å². The van der Waals surface area contributed by atoms with Crippen molar-refractivity contribution < 1.29 is 13.2 Å². The molecule has 0 radical (unpaired) electrons. The molecule has 0 aliphatic carbocycles. The number of benzene rings is 1. The van der Waals surface area contributed by atoms with Crippen molar-refractivity contribution in [1.82, 2.24) is 25.1 Å². The molecule has 3 aromatic heterocycles. The Morgan fingerprint density at radius 2 is 1.97 bits per heavy atom. The second-order valence-electron chi connectivity index (χ2n) is 10.7. The van der Waals surface area contributed by atoms with Gasteiger partial charge in [-0.2, -0.15) is 5.10 Å². The third kappa shape index (κ3) is 4.56. The van der Waals surface area contributed by atoms with E-state index in [1.165, 1.54) is 0 Å². The molecule has 192 valence electrons. The maximum atomic E-state index is 14.6. The lowest BCUT2D eigenvalue weighted by atomic mass is 9.89. The molecule has 1 N–H and O–H groups in total. The number of hydrogen-bond acceptors (Lipinski definition) is 5. The first-order valence-corrected chi connectivity index (χ1v) is 12.7. The fourth-order valence-corrected chi connectivity index (χ4v) is 5.75. The van der Waals surface area contributed by atoms with Gasteiger partial charge in [0.15, 0.2) is 0 Å². The highest BCUT2D eigenvalue weighted by molar-refractivity contribution is 5.91. The van der Waals surface area contributed by atoms with E-state index in [4.69, 9.17) is 4.98 Å². The summed E-state index contributed by atoms with van der Waals surface area (Å²) >= 11 is 0. The van der Waals surface area contributed by atoms with Crippen molar-refractivity contribution in [2.45, 2.75) is 56.9 Å². The number of pyridine rings is 2. The van der Waals surface area contributed by atoms with Crippen LogP contribution in [-0.4, -0.2) is 44.5 Å². The number of alkyl halides is 1. The monoisotopic (exact) mass is 506 g/mol. The fraction of sp³-hybridized carbons (Fsp3) is 0.393. The molecule has 0 saturated carbocycles. The number of fused-ring (bicyclic) bond motifs is 1. The van der Waals surface area contributed by atoms with Crippen molar-refractivity contribution in [2.24, 2.45) is 0 Å². The topological polar surface area (TPSA) is 58.9 Å². The van der Waals surface area contributed by atoms with Crippen LogP contribution in [0.5, 0.6) is 0 Å². The minimum Gasteiger partial charge on any atom is -0.346 e. The quantitative estimate of drug-likeness (QED) is 0.381. The van der Waals surface area contributed by atoms with Gasteiger partial charge in [0.1, 0.15) is 23.6 Å². The van der Waals surface area contributed by atoms with Crippen LogP contribution in [0.1, 0.15) is 50.8 Å². The van der Waals surface area contributed by atoms with E-state index >= 15 is 0 Å². The number of nitrogens with zero attached hydrogens (tertiary/aromatic N) is 5. The lowest BCUT2D eigenvalue weighted by molar-refractivity contribution is 0.221. The number of nitrogens with one attached hydrogen (secondary N) is 1.